The van der Waals surface area contributed by atoms with Crippen molar-refractivity contribution in [3.05, 3.63) is 59.1 Å². The first kappa shape index (κ1) is 17.6. The first-order chi connectivity index (χ1) is 12.1. The molecule has 0 aliphatic carbocycles. The summed E-state index contributed by atoms with van der Waals surface area (Å²) in [6.45, 7) is 4.48. The Morgan fingerprint density at radius 3 is 2.60 bits per heavy atom. The number of carbonyl (C=O) groups is 1. The minimum Gasteiger partial charge on any atom is -0.481 e. The second kappa shape index (κ2) is 8.26. The van der Waals surface area contributed by atoms with E-state index < -0.39 is 6.10 Å². The number of hydrogen-bond donors (Lipinski definition) is 1. The summed E-state index contributed by atoms with van der Waals surface area (Å²) in [6, 6.07) is 15.4. The number of nitrogens with one attached hydrogen (secondary N) is 1. The second-order valence-corrected chi connectivity index (χ2v) is 6.73. The third-order valence-electron chi connectivity index (χ3n) is 4.35. The summed E-state index contributed by atoms with van der Waals surface area (Å²) in [5.74, 6) is 0.439. The number of halogens is 1. The van der Waals surface area contributed by atoms with Crippen LogP contribution in [0.1, 0.15) is 25.3 Å². The lowest BCUT2D eigenvalue weighted by Crippen LogP contribution is -2.35. The molecule has 1 aliphatic rings. The van der Waals surface area contributed by atoms with Crippen LogP contribution in [0, 0.1) is 0 Å². The van der Waals surface area contributed by atoms with Crippen molar-refractivity contribution >= 4 is 23.2 Å². The van der Waals surface area contributed by atoms with Gasteiger partial charge in [-0.2, -0.15) is 0 Å². The number of ether oxygens (including phenoxy) is 1. The van der Waals surface area contributed by atoms with Gasteiger partial charge >= 0.3 is 0 Å². The molecule has 0 radical (unpaired) electrons. The Labute approximate surface area is 153 Å². The SMILES string of the molecule is C[C@@H](Oc1cccc(Cl)c1)C(=O)NCc1ccc(N2CCCC2)cc1. The van der Waals surface area contributed by atoms with Crippen LogP contribution in [0.3, 0.4) is 0 Å². The van der Waals surface area contributed by atoms with Crippen molar-refractivity contribution in [3.8, 4) is 5.75 Å². The molecule has 0 bridgehead atoms. The van der Waals surface area contributed by atoms with Crippen molar-refractivity contribution in [2.75, 3.05) is 18.0 Å². The van der Waals surface area contributed by atoms with E-state index in [9.17, 15) is 4.79 Å². The van der Waals surface area contributed by atoms with Gasteiger partial charge in [0.25, 0.3) is 5.91 Å². The highest BCUT2D eigenvalue weighted by Crippen LogP contribution is 2.21. The first-order valence-corrected chi connectivity index (χ1v) is 9.03. The average molecular weight is 359 g/mol. The predicted octanol–water partition coefficient (Wildman–Crippen LogP) is 4.02. The van der Waals surface area contributed by atoms with Gasteiger partial charge in [-0.25, -0.2) is 0 Å². The summed E-state index contributed by atoms with van der Waals surface area (Å²) in [4.78, 5) is 14.6. The monoisotopic (exact) mass is 358 g/mol. The Hall–Kier alpha value is -2.20. The van der Waals surface area contributed by atoms with Crippen molar-refractivity contribution in [2.24, 2.45) is 0 Å². The fraction of sp³-hybridized carbons (Fsp3) is 0.350. The molecule has 1 amide bonds. The second-order valence-electron chi connectivity index (χ2n) is 6.30. The predicted molar refractivity (Wildman–Crippen MR) is 101 cm³/mol. The molecule has 1 heterocycles. The fourth-order valence-corrected chi connectivity index (χ4v) is 3.11. The van der Waals surface area contributed by atoms with Crippen LogP contribution in [0.5, 0.6) is 5.75 Å². The number of rotatable bonds is 6. The number of hydrogen-bond acceptors (Lipinski definition) is 3. The van der Waals surface area contributed by atoms with Gasteiger partial charge in [0.15, 0.2) is 6.10 Å². The lowest BCUT2D eigenvalue weighted by atomic mass is 10.2. The third kappa shape index (κ3) is 4.89. The van der Waals surface area contributed by atoms with Crippen molar-refractivity contribution in [3.63, 3.8) is 0 Å². The Kier molecular flexibility index (Phi) is 5.82. The van der Waals surface area contributed by atoms with Crippen LogP contribution in [0.15, 0.2) is 48.5 Å². The van der Waals surface area contributed by atoms with Crippen LogP contribution in [-0.4, -0.2) is 25.1 Å². The summed E-state index contributed by atoms with van der Waals surface area (Å²) in [5.41, 5.74) is 2.33. The fourth-order valence-electron chi connectivity index (χ4n) is 2.93. The molecule has 0 unspecified atom stereocenters. The highest BCUT2D eigenvalue weighted by atomic mass is 35.5. The molecule has 1 N–H and O–H groups in total. The van der Waals surface area contributed by atoms with Gasteiger partial charge in [0, 0.05) is 30.3 Å². The topological polar surface area (TPSA) is 41.6 Å². The van der Waals surface area contributed by atoms with E-state index in [1.54, 1.807) is 31.2 Å². The van der Waals surface area contributed by atoms with Crippen LogP contribution in [0.2, 0.25) is 5.02 Å². The molecule has 0 saturated carbocycles. The van der Waals surface area contributed by atoms with E-state index in [0.717, 1.165) is 18.7 Å². The van der Waals surface area contributed by atoms with E-state index in [-0.39, 0.29) is 5.91 Å². The lowest BCUT2D eigenvalue weighted by Gasteiger charge is -2.18. The van der Waals surface area contributed by atoms with E-state index in [1.807, 2.05) is 0 Å². The zero-order chi connectivity index (χ0) is 17.6. The minimum absolute atomic E-state index is 0.149. The molecule has 1 aliphatic heterocycles. The molecule has 4 nitrogen and oxygen atoms in total. The summed E-state index contributed by atoms with van der Waals surface area (Å²) < 4.78 is 5.63. The van der Waals surface area contributed by atoms with Crippen molar-refractivity contribution < 1.29 is 9.53 Å². The van der Waals surface area contributed by atoms with E-state index >= 15 is 0 Å². The van der Waals surface area contributed by atoms with Gasteiger partial charge in [-0.3, -0.25) is 4.79 Å². The minimum atomic E-state index is -0.581. The number of benzene rings is 2. The Balaban J connectivity index is 1.49. The maximum Gasteiger partial charge on any atom is 0.261 e. The van der Waals surface area contributed by atoms with Crippen LogP contribution in [0.4, 0.5) is 5.69 Å². The Bertz CT molecular complexity index is 712. The Morgan fingerprint density at radius 1 is 1.20 bits per heavy atom. The Morgan fingerprint density at radius 2 is 1.92 bits per heavy atom. The molecule has 2 aromatic rings. The van der Waals surface area contributed by atoms with Crippen molar-refractivity contribution in [1.82, 2.24) is 5.32 Å². The smallest absolute Gasteiger partial charge is 0.261 e. The van der Waals surface area contributed by atoms with Crippen LogP contribution >= 0.6 is 11.6 Å². The first-order valence-electron chi connectivity index (χ1n) is 8.65. The molecule has 5 heteroatoms. The number of amides is 1. The van der Waals surface area contributed by atoms with Gasteiger partial charge in [-0.1, -0.05) is 29.8 Å². The molecule has 1 fully saturated rings. The van der Waals surface area contributed by atoms with Gasteiger partial charge < -0.3 is 15.0 Å². The maximum atomic E-state index is 12.2. The maximum absolute atomic E-state index is 12.2. The molecule has 25 heavy (non-hydrogen) atoms. The summed E-state index contributed by atoms with van der Waals surface area (Å²) in [7, 11) is 0. The van der Waals surface area contributed by atoms with E-state index in [1.165, 1.54) is 18.5 Å². The lowest BCUT2D eigenvalue weighted by molar-refractivity contribution is -0.127. The summed E-state index contributed by atoms with van der Waals surface area (Å²) in [5, 5.41) is 3.50. The van der Waals surface area contributed by atoms with Crippen molar-refractivity contribution in [1.29, 1.82) is 0 Å². The van der Waals surface area contributed by atoms with E-state index in [0.29, 0.717) is 17.3 Å². The molecule has 3 rings (SSSR count). The van der Waals surface area contributed by atoms with Crippen LogP contribution in [-0.2, 0) is 11.3 Å². The van der Waals surface area contributed by atoms with E-state index in [2.05, 4.69) is 34.5 Å². The normalized spacial score (nSPS) is 15.0. The van der Waals surface area contributed by atoms with Gasteiger partial charge in [-0.05, 0) is 55.7 Å². The quantitative estimate of drug-likeness (QED) is 0.847. The number of anilines is 1. The van der Waals surface area contributed by atoms with Crippen molar-refractivity contribution in [2.45, 2.75) is 32.4 Å². The molecule has 1 saturated heterocycles. The molecule has 2 aromatic carbocycles. The zero-order valence-electron chi connectivity index (χ0n) is 14.4. The van der Waals surface area contributed by atoms with E-state index in [4.69, 9.17) is 16.3 Å². The molecule has 1 atom stereocenters. The summed E-state index contributed by atoms with van der Waals surface area (Å²) >= 11 is 5.92. The third-order valence-corrected chi connectivity index (χ3v) is 4.59. The standard InChI is InChI=1S/C20H23ClN2O2/c1-15(25-19-6-4-5-17(21)13-19)20(24)22-14-16-7-9-18(10-8-16)23-11-2-3-12-23/h4-10,13,15H,2-3,11-12,14H2,1H3,(H,22,24)/t15-/m1/s1. The highest BCUT2D eigenvalue weighted by Gasteiger charge is 2.15. The largest absolute Gasteiger partial charge is 0.481 e. The molecular formula is C20H23ClN2O2. The van der Waals surface area contributed by atoms with Crippen LogP contribution < -0.4 is 15.0 Å². The highest BCUT2D eigenvalue weighted by molar-refractivity contribution is 6.30. The molecule has 0 spiro atoms. The number of carbonyl (C=O) groups excluding carboxylic acids is 1. The van der Waals surface area contributed by atoms with Gasteiger partial charge in [0.05, 0.1) is 0 Å². The van der Waals surface area contributed by atoms with Gasteiger partial charge in [0.1, 0.15) is 5.75 Å². The average Bonchev–Trinajstić information content (AvgIpc) is 3.14. The molecule has 0 aromatic heterocycles. The van der Waals surface area contributed by atoms with Gasteiger partial charge in [0.2, 0.25) is 0 Å². The molecule has 132 valence electrons. The van der Waals surface area contributed by atoms with Gasteiger partial charge in [-0.15, -0.1) is 0 Å². The zero-order valence-corrected chi connectivity index (χ0v) is 15.1. The molecular weight excluding hydrogens is 336 g/mol. The number of nitrogens with zero attached hydrogens (tertiary/aromatic N) is 1. The summed E-state index contributed by atoms with van der Waals surface area (Å²) in [6.07, 6.45) is 1.95. The van der Waals surface area contributed by atoms with Crippen LogP contribution in [0.25, 0.3) is 0 Å².